The molecule has 2 aromatic carbocycles. The van der Waals surface area contributed by atoms with Crippen molar-refractivity contribution < 1.29 is 14.3 Å². The van der Waals surface area contributed by atoms with Crippen LogP contribution in [0.15, 0.2) is 42.5 Å². The second-order valence-corrected chi connectivity index (χ2v) is 7.64. The number of hydrogen-bond donors (Lipinski definition) is 1. The Kier molecular flexibility index (Phi) is 5.12. The Morgan fingerprint density at radius 3 is 2.52 bits per heavy atom. The largest absolute Gasteiger partial charge is 0.497 e. The first-order chi connectivity index (χ1) is 14.0. The number of thiazole rings is 1. The number of methoxy groups -OCH3 is 2. The zero-order valence-electron chi connectivity index (χ0n) is 15.9. The molecule has 2 heterocycles. The molecule has 0 aliphatic carbocycles. The number of nitrogens with one attached hydrogen (secondary N) is 1. The third kappa shape index (κ3) is 3.76. The van der Waals surface area contributed by atoms with Crippen LogP contribution in [0, 0.1) is 6.92 Å². The predicted octanol–water partition coefficient (Wildman–Crippen LogP) is 4.71. The van der Waals surface area contributed by atoms with Gasteiger partial charge in [-0.25, -0.2) is 4.98 Å². The van der Waals surface area contributed by atoms with E-state index in [2.05, 4.69) is 15.4 Å². The second-order valence-electron chi connectivity index (χ2n) is 6.22. The number of anilines is 1. The summed E-state index contributed by atoms with van der Waals surface area (Å²) in [6.45, 7) is 1.85. The van der Waals surface area contributed by atoms with Gasteiger partial charge in [0, 0.05) is 17.7 Å². The highest BCUT2D eigenvalue weighted by Gasteiger charge is 2.17. The molecule has 1 N–H and O–H groups in total. The first kappa shape index (κ1) is 19.2. The normalized spacial score (nSPS) is 10.9. The van der Waals surface area contributed by atoms with Crippen LogP contribution in [0.25, 0.3) is 15.3 Å². The van der Waals surface area contributed by atoms with E-state index in [1.165, 1.54) is 25.6 Å². The zero-order chi connectivity index (χ0) is 20.5. The molecular formula is C20H17ClN4O3S. The summed E-state index contributed by atoms with van der Waals surface area (Å²) in [5, 5.41) is 8.55. The van der Waals surface area contributed by atoms with Gasteiger partial charge in [-0.15, -0.1) is 0 Å². The Hall–Kier alpha value is -3.10. The van der Waals surface area contributed by atoms with Gasteiger partial charge >= 0.3 is 0 Å². The molecule has 29 heavy (non-hydrogen) atoms. The number of rotatable bonds is 5. The molecule has 148 valence electrons. The van der Waals surface area contributed by atoms with E-state index in [0.29, 0.717) is 38.6 Å². The van der Waals surface area contributed by atoms with E-state index in [1.807, 2.05) is 19.1 Å². The van der Waals surface area contributed by atoms with Crippen LogP contribution in [-0.2, 0) is 0 Å². The smallest absolute Gasteiger partial charge is 0.257 e. The van der Waals surface area contributed by atoms with Gasteiger partial charge in [0.2, 0.25) is 5.13 Å². The molecule has 0 fully saturated rings. The first-order valence-corrected chi connectivity index (χ1v) is 9.84. The Morgan fingerprint density at radius 2 is 1.86 bits per heavy atom. The molecule has 9 heteroatoms. The van der Waals surface area contributed by atoms with E-state index >= 15 is 0 Å². The standard InChI is InChI=1S/C20H17ClN4O3S/c1-11-7-17(22-19(26)12-8-13(27-2)10-14(9-12)28-3)25(24-11)20-23-18-15(21)5-4-6-16(18)29-20/h4-10H,1-3H3,(H,22,26). The van der Waals surface area contributed by atoms with Crippen LogP contribution < -0.4 is 14.8 Å². The number of aryl methyl sites for hydroxylation is 1. The molecule has 0 saturated heterocycles. The summed E-state index contributed by atoms with van der Waals surface area (Å²) in [5.41, 5.74) is 1.85. The highest BCUT2D eigenvalue weighted by atomic mass is 35.5. The highest BCUT2D eigenvalue weighted by molar-refractivity contribution is 7.20. The number of carbonyl (C=O) groups is 1. The maximum Gasteiger partial charge on any atom is 0.257 e. The van der Waals surface area contributed by atoms with Crippen molar-refractivity contribution in [2.75, 3.05) is 19.5 Å². The number of aromatic nitrogens is 3. The number of amides is 1. The summed E-state index contributed by atoms with van der Waals surface area (Å²) in [6.07, 6.45) is 0. The van der Waals surface area contributed by atoms with Gasteiger partial charge in [-0.3, -0.25) is 4.79 Å². The van der Waals surface area contributed by atoms with Crippen molar-refractivity contribution in [1.29, 1.82) is 0 Å². The van der Waals surface area contributed by atoms with Gasteiger partial charge in [-0.05, 0) is 31.2 Å². The Morgan fingerprint density at radius 1 is 1.14 bits per heavy atom. The van der Waals surface area contributed by atoms with E-state index in [9.17, 15) is 4.79 Å². The zero-order valence-corrected chi connectivity index (χ0v) is 17.5. The monoisotopic (exact) mass is 428 g/mol. The fourth-order valence-corrected chi connectivity index (χ4v) is 4.09. The third-order valence-electron chi connectivity index (χ3n) is 4.23. The maximum absolute atomic E-state index is 12.9. The number of hydrogen-bond acceptors (Lipinski definition) is 6. The number of fused-ring (bicyclic) bond motifs is 1. The molecule has 0 aliphatic rings. The molecule has 0 bridgehead atoms. The number of nitrogens with zero attached hydrogens (tertiary/aromatic N) is 3. The summed E-state index contributed by atoms with van der Waals surface area (Å²) in [4.78, 5) is 17.5. The van der Waals surface area contributed by atoms with Crippen molar-refractivity contribution in [2.45, 2.75) is 6.92 Å². The molecule has 0 aliphatic heterocycles. The van der Waals surface area contributed by atoms with Crippen LogP contribution in [0.2, 0.25) is 5.02 Å². The minimum Gasteiger partial charge on any atom is -0.497 e. The molecular weight excluding hydrogens is 412 g/mol. The van der Waals surface area contributed by atoms with Gasteiger partial charge in [0.1, 0.15) is 22.8 Å². The molecule has 1 amide bonds. The van der Waals surface area contributed by atoms with Crippen LogP contribution in [0.1, 0.15) is 16.1 Å². The lowest BCUT2D eigenvalue weighted by Gasteiger charge is -2.09. The lowest BCUT2D eigenvalue weighted by atomic mass is 10.2. The van der Waals surface area contributed by atoms with Crippen molar-refractivity contribution in [3.8, 4) is 16.6 Å². The van der Waals surface area contributed by atoms with Crippen LogP contribution in [0.5, 0.6) is 11.5 Å². The number of benzene rings is 2. The molecule has 0 atom stereocenters. The summed E-state index contributed by atoms with van der Waals surface area (Å²) >= 11 is 7.69. The second kappa shape index (κ2) is 7.73. The van der Waals surface area contributed by atoms with E-state index in [1.54, 1.807) is 35.0 Å². The molecule has 0 saturated carbocycles. The van der Waals surface area contributed by atoms with Crippen LogP contribution in [0.3, 0.4) is 0 Å². The topological polar surface area (TPSA) is 78.3 Å². The van der Waals surface area contributed by atoms with Gasteiger partial charge in [0.25, 0.3) is 5.91 Å². The quantitative estimate of drug-likeness (QED) is 0.498. The van der Waals surface area contributed by atoms with Gasteiger partial charge in [0.05, 0.1) is 29.6 Å². The van der Waals surface area contributed by atoms with E-state index in [4.69, 9.17) is 21.1 Å². The van der Waals surface area contributed by atoms with E-state index in [0.717, 1.165) is 10.4 Å². The average Bonchev–Trinajstić information content (AvgIpc) is 3.31. The molecule has 7 nitrogen and oxygen atoms in total. The van der Waals surface area contributed by atoms with Crippen molar-refractivity contribution >= 4 is 44.9 Å². The fourth-order valence-electron chi connectivity index (χ4n) is 2.86. The molecule has 4 rings (SSSR count). The SMILES string of the molecule is COc1cc(OC)cc(C(=O)Nc2cc(C)nn2-c2nc3c(Cl)cccc3s2)c1. The van der Waals surface area contributed by atoms with Crippen molar-refractivity contribution in [1.82, 2.24) is 14.8 Å². The highest BCUT2D eigenvalue weighted by Crippen LogP contribution is 2.31. The molecule has 0 spiro atoms. The van der Waals surface area contributed by atoms with Crippen molar-refractivity contribution in [3.05, 3.63) is 58.7 Å². The van der Waals surface area contributed by atoms with Crippen LogP contribution in [0.4, 0.5) is 5.82 Å². The predicted molar refractivity (Wildman–Crippen MR) is 114 cm³/mol. The van der Waals surface area contributed by atoms with Crippen molar-refractivity contribution in [2.24, 2.45) is 0 Å². The molecule has 4 aromatic rings. The van der Waals surface area contributed by atoms with Gasteiger partial charge in [-0.2, -0.15) is 9.78 Å². The fraction of sp³-hybridized carbons (Fsp3) is 0.150. The number of ether oxygens (including phenoxy) is 2. The van der Waals surface area contributed by atoms with Gasteiger partial charge in [0.15, 0.2) is 0 Å². The third-order valence-corrected chi connectivity index (χ3v) is 5.53. The molecule has 0 radical (unpaired) electrons. The lowest BCUT2D eigenvalue weighted by molar-refractivity contribution is 0.102. The number of halogens is 1. The lowest BCUT2D eigenvalue weighted by Crippen LogP contribution is -2.15. The summed E-state index contributed by atoms with van der Waals surface area (Å²) in [5.74, 6) is 1.24. The maximum atomic E-state index is 12.9. The minimum absolute atomic E-state index is 0.317. The average molecular weight is 429 g/mol. The van der Waals surface area contributed by atoms with Gasteiger partial charge in [-0.1, -0.05) is 29.0 Å². The van der Waals surface area contributed by atoms with Crippen LogP contribution in [-0.4, -0.2) is 34.9 Å². The van der Waals surface area contributed by atoms with E-state index < -0.39 is 0 Å². The summed E-state index contributed by atoms with van der Waals surface area (Å²) in [6, 6.07) is 12.4. The van der Waals surface area contributed by atoms with Crippen LogP contribution >= 0.6 is 22.9 Å². The molecule has 0 unspecified atom stereocenters. The Bertz CT molecular complexity index is 1200. The summed E-state index contributed by atoms with van der Waals surface area (Å²) in [7, 11) is 3.07. The first-order valence-electron chi connectivity index (χ1n) is 8.65. The number of para-hydroxylation sites is 1. The Labute approximate surface area is 175 Å². The Balaban J connectivity index is 1.70. The minimum atomic E-state index is -0.317. The summed E-state index contributed by atoms with van der Waals surface area (Å²) < 4.78 is 13.0. The van der Waals surface area contributed by atoms with Gasteiger partial charge < -0.3 is 14.8 Å². The molecule has 2 aromatic heterocycles. The number of carbonyl (C=O) groups excluding carboxylic acids is 1. The van der Waals surface area contributed by atoms with E-state index in [-0.39, 0.29) is 5.91 Å². The van der Waals surface area contributed by atoms with Crippen molar-refractivity contribution in [3.63, 3.8) is 0 Å².